The second-order valence-electron chi connectivity index (χ2n) is 4.33. The van der Waals surface area contributed by atoms with Crippen LogP contribution in [0.25, 0.3) is 16.5 Å². The Hall–Kier alpha value is -2.28. The molecular formula is C14H14N4O2S. The van der Waals surface area contributed by atoms with E-state index in [4.69, 9.17) is 4.74 Å². The molecule has 0 aromatic carbocycles. The summed E-state index contributed by atoms with van der Waals surface area (Å²) in [5.41, 5.74) is 1.14. The summed E-state index contributed by atoms with van der Waals surface area (Å²) in [6, 6.07) is 5.61. The summed E-state index contributed by atoms with van der Waals surface area (Å²) in [6.07, 6.45) is 0.721. The lowest BCUT2D eigenvalue weighted by molar-refractivity contribution is 0.0519. The molecule has 0 bridgehead atoms. The van der Waals surface area contributed by atoms with Gasteiger partial charge in [-0.3, -0.25) is 0 Å². The van der Waals surface area contributed by atoms with Crippen molar-refractivity contribution >= 4 is 23.1 Å². The van der Waals surface area contributed by atoms with Crippen LogP contribution in [-0.4, -0.2) is 32.2 Å². The van der Waals surface area contributed by atoms with Gasteiger partial charge in [0.2, 0.25) is 0 Å². The van der Waals surface area contributed by atoms with Gasteiger partial charge in [-0.05, 0) is 30.9 Å². The molecule has 21 heavy (non-hydrogen) atoms. The van der Waals surface area contributed by atoms with Crippen LogP contribution in [0.15, 0.2) is 23.6 Å². The Bertz CT molecular complexity index is 780. The fraction of sp³-hybridized carbons (Fsp3) is 0.286. The van der Waals surface area contributed by atoms with Crippen LogP contribution < -0.4 is 0 Å². The predicted molar refractivity (Wildman–Crippen MR) is 79.4 cm³/mol. The third-order valence-corrected chi connectivity index (χ3v) is 3.84. The number of carbonyl (C=O) groups excluding carboxylic acids is 1. The van der Waals surface area contributed by atoms with Gasteiger partial charge in [-0.2, -0.15) is 4.98 Å². The molecule has 0 aliphatic rings. The molecule has 6 nitrogen and oxygen atoms in total. The molecule has 0 spiro atoms. The molecule has 0 atom stereocenters. The molecule has 108 valence electrons. The van der Waals surface area contributed by atoms with Crippen LogP contribution in [0.3, 0.4) is 0 Å². The number of thiophene rings is 1. The molecule has 0 unspecified atom stereocenters. The number of rotatable bonds is 4. The minimum Gasteiger partial charge on any atom is -0.461 e. The Morgan fingerprint density at radius 1 is 1.38 bits per heavy atom. The highest BCUT2D eigenvalue weighted by Crippen LogP contribution is 2.22. The summed E-state index contributed by atoms with van der Waals surface area (Å²) >= 11 is 1.57. The number of aryl methyl sites for hydroxylation is 1. The standard InChI is InChI=1S/C14H14N4O2S/c1-3-9-8-10(13(19)20-4-2)15-14-16-12(17-18(9)14)11-6-5-7-21-11/h5-8H,3-4H2,1-2H3. The molecular weight excluding hydrogens is 288 g/mol. The molecule has 0 radical (unpaired) electrons. The number of carbonyl (C=O) groups is 1. The van der Waals surface area contributed by atoms with Crippen molar-refractivity contribution in [1.82, 2.24) is 19.6 Å². The second kappa shape index (κ2) is 5.61. The summed E-state index contributed by atoms with van der Waals surface area (Å²) in [5.74, 6) is 0.601. The number of fused-ring (bicyclic) bond motifs is 1. The van der Waals surface area contributed by atoms with E-state index in [1.807, 2.05) is 24.4 Å². The van der Waals surface area contributed by atoms with Gasteiger partial charge in [0.25, 0.3) is 5.78 Å². The van der Waals surface area contributed by atoms with Crippen molar-refractivity contribution in [3.63, 3.8) is 0 Å². The Morgan fingerprint density at radius 2 is 2.24 bits per heavy atom. The quantitative estimate of drug-likeness (QED) is 0.693. The van der Waals surface area contributed by atoms with E-state index in [1.54, 1.807) is 28.8 Å². The van der Waals surface area contributed by atoms with E-state index >= 15 is 0 Å². The maximum absolute atomic E-state index is 11.9. The van der Waals surface area contributed by atoms with E-state index in [0.29, 0.717) is 18.2 Å². The lowest BCUT2D eigenvalue weighted by Gasteiger charge is -2.04. The summed E-state index contributed by atoms with van der Waals surface area (Å²) < 4.78 is 6.68. The van der Waals surface area contributed by atoms with Gasteiger partial charge in [0.15, 0.2) is 11.5 Å². The molecule has 0 aliphatic carbocycles. The first-order valence-corrected chi connectivity index (χ1v) is 7.58. The van der Waals surface area contributed by atoms with E-state index in [1.165, 1.54) is 0 Å². The van der Waals surface area contributed by atoms with Crippen molar-refractivity contribution in [2.45, 2.75) is 20.3 Å². The fourth-order valence-electron chi connectivity index (χ4n) is 2.00. The summed E-state index contributed by atoms with van der Waals surface area (Å²) in [7, 11) is 0. The molecule has 3 aromatic heterocycles. The summed E-state index contributed by atoms with van der Waals surface area (Å²) in [6.45, 7) is 4.08. The minimum absolute atomic E-state index is 0.270. The molecule has 3 heterocycles. The van der Waals surface area contributed by atoms with E-state index in [9.17, 15) is 4.79 Å². The monoisotopic (exact) mass is 302 g/mol. The van der Waals surface area contributed by atoms with E-state index in [2.05, 4.69) is 15.1 Å². The van der Waals surface area contributed by atoms with Crippen LogP contribution >= 0.6 is 11.3 Å². The molecule has 0 saturated heterocycles. The number of hydrogen-bond donors (Lipinski definition) is 0. The van der Waals surface area contributed by atoms with Gasteiger partial charge in [0.05, 0.1) is 11.5 Å². The first kappa shape index (κ1) is 13.7. The Kier molecular flexibility index (Phi) is 3.66. The zero-order chi connectivity index (χ0) is 14.8. The lowest BCUT2D eigenvalue weighted by atomic mass is 10.3. The van der Waals surface area contributed by atoms with Gasteiger partial charge < -0.3 is 4.74 Å². The zero-order valence-corrected chi connectivity index (χ0v) is 12.6. The maximum atomic E-state index is 11.9. The Labute approximate surface area is 125 Å². The van der Waals surface area contributed by atoms with Gasteiger partial charge >= 0.3 is 5.97 Å². The van der Waals surface area contributed by atoms with Crippen LogP contribution in [-0.2, 0) is 11.2 Å². The van der Waals surface area contributed by atoms with Gasteiger partial charge in [-0.1, -0.05) is 13.0 Å². The SMILES string of the molecule is CCOC(=O)c1cc(CC)n2nc(-c3cccs3)nc2n1. The predicted octanol–water partition coefficient (Wildman–Crippen LogP) is 2.59. The fourth-order valence-corrected chi connectivity index (χ4v) is 2.65. The van der Waals surface area contributed by atoms with Gasteiger partial charge in [0, 0.05) is 5.69 Å². The largest absolute Gasteiger partial charge is 0.461 e. The average Bonchev–Trinajstić information content (AvgIpc) is 3.14. The minimum atomic E-state index is -0.435. The summed E-state index contributed by atoms with van der Waals surface area (Å²) in [5, 5.41) is 6.45. The second-order valence-corrected chi connectivity index (χ2v) is 5.28. The van der Waals surface area contributed by atoms with Crippen molar-refractivity contribution in [2.24, 2.45) is 0 Å². The molecule has 0 N–H and O–H groups in total. The molecule has 0 fully saturated rings. The number of aromatic nitrogens is 4. The lowest BCUT2D eigenvalue weighted by Crippen LogP contribution is -2.11. The van der Waals surface area contributed by atoms with Crippen LogP contribution in [0.1, 0.15) is 30.0 Å². The Morgan fingerprint density at radius 3 is 2.90 bits per heavy atom. The highest BCUT2D eigenvalue weighted by molar-refractivity contribution is 7.13. The van der Waals surface area contributed by atoms with Crippen LogP contribution in [0.4, 0.5) is 0 Å². The molecule has 3 aromatic rings. The van der Waals surface area contributed by atoms with Crippen molar-refractivity contribution < 1.29 is 9.53 Å². The Balaban J connectivity index is 2.13. The van der Waals surface area contributed by atoms with Crippen molar-refractivity contribution in [2.75, 3.05) is 6.61 Å². The maximum Gasteiger partial charge on any atom is 0.357 e. The number of nitrogens with zero attached hydrogens (tertiary/aromatic N) is 4. The normalized spacial score (nSPS) is 11.0. The number of ether oxygens (including phenoxy) is 1. The molecule has 3 rings (SSSR count). The zero-order valence-electron chi connectivity index (χ0n) is 11.7. The molecule has 0 saturated carbocycles. The van der Waals surface area contributed by atoms with Crippen LogP contribution in [0.5, 0.6) is 0 Å². The van der Waals surface area contributed by atoms with E-state index in [-0.39, 0.29) is 5.69 Å². The molecule has 0 amide bonds. The van der Waals surface area contributed by atoms with Gasteiger partial charge in [0.1, 0.15) is 0 Å². The summed E-state index contributed by atoms with van der Waals surface area (Å²) in [4.78, 5) is 21.5. The number of hydrogen-bond acceptors (Lipinski definition) is 6. The topological polar surface area (TPSA) is 69.4 Å². The van der Waals surface area contributed by atoms with E-state index < -0.39 is 5.97 Å². The van der Waals surface area contributed by atoms with Crippen LogP contribution in [0, 0.1) is 0 Å². The van der Waals surface area contributed by atoms with Gasteiger partial charge in [-0.25, -0.2) is 14.3 Å². The number of esters is 1. The van der Waals surface area contributed by atoms with Crippen molar-refractivity contribution in [1.29, 1.82) is 0 Å². The third-order valence-electron chi connectivity index (χ3n) is 2.97. The van der Waals surface area contributed by atoms with E-state index in [0.717, 1.165) is 17.0 Å². The first-order valence-electron chi connectivity index (χ1n) is 6.70. The van der Waals surface area contributed by atoms with Crippen molar-refractivity contribution in [3.8, 4) is 10.7 Å². The first-order chi connectivity index (χ1) is 10.2. The smallest absolute Gasteiger partial charge is 0.357 e. The third kappa shape index (κ3) is 2.52. The van der Waals surface area contributed by atoms with Crippen LogP contribution in [0.2, 0.25) is 0 Å². The molecule has 0 aliphatic heterocycles. The van der Waals surface area contributed by atoms with Gasteiger partial charge in [-0.15, -0.1) is 16.4 Å². The molecule has 7 heteroatoms. The highest BCUT2D eigenvalue weighted by Gasteiger charge is 2.16. The highest BCUT2D eigenvalue weighted by atomic mass is 32.1. The van der Waals surface area contributed by atoms with Crippen molar-refractivity contribution in [3.05, 3.63) is 35.0 Å². The average molecular weight is 302 g/mol.